The summed E-state index contributed by atoms with van der Waals surface area (Å²) in [6.45, 7) is 1.76. The maximum Gasteiger partial charge on any atom is 0.271 e. The molecule has 6 heteroatoms. The number of aromatic hydroxyl groups is 1. The van der Waals surface area contributed by atoms with Crippen molar-refractivity contribution < 1.29 is 9.50 Å². The van der Waals surface area contributed by atoms with Crippen LogP contribution in [0.1, 0.15) is 22.3 Å². The largest absolute Gasteiger partial charge is 0.494 e. The highest BCUT2D eigenvalue weighted by molar-refractivity contribution is 5.87. The average Bonchev–Trinajstić information content (AvgIpc) is 2.70. The molecule has 0 aliphatic rings. The van der Waals surface area contributed by atoms with Gasteiger partial charge in [0.15, 0.2) is 0 Å². The molecule has 0 aliphatic heterocycles. The Morgan fingerprint density at radius 2 is 1.86 bits per heavy atom. The highest BCUT2D eigenvalue weighted by Gasteiger charge is 2.18. The second-order valence-corrected chi connectivity index (χ2v) is 6.25. The smallest absolute Gasteiger partial charge is 0.271 e. The molecule has 0 saturated carbocycles. The molecule has 1 N–H and O–H groups in total. The monoisotopic (exact) mass is 375 g/mol. The Morgan fingerprint density at radius 1 is 1.18 bits per heavy atom. The first-order valence-corrected chi connectivity index (χ1v) is 8.72. The minimum atomic E-state index is -0.559. The van der Waals surface area contributed by atoms with Crippen LogP contribution in [-0.2, 0) is 13.0 Å². The van der Waals surface area contributed by atoms with Gasteiger partial charge in [0, 0.05) is 12.8 Å². The first kappa shape index (κ1) is 19.1. The van der Waals surface area contributed by atoms with E-state index in [0.717, 1.165) is 10.1 Å². The number of aliphatic imine (C=N–C) groups is 1. The van der Waals surface area contributed by atoms with Crippen LogP contribution in [0.25, 0.3) is 0 Å². The predicted octanol–water partition coefficient (Wildman–Crippen LogP) is 3.87. The van der Waals surface area contributed by atoms with E-state index in [4.69, 9.17) is 0 Å². The third kappa shape index (κ3) is 3.84. The third-order valence-electron chi connectivity index (χ3n) is 4.50. The number of nitriles is 1. The van der Waals surface area contributed by atoms with Gasteiger partial charge in [0.05, 0.1) is 11.3 Å². The van der Waals surface area contributed by atoms with Gasteiger partial charge in [0.1, 0.15) is 17.4 Å². The van der Waals surface area contributed by atoms with Gasteiger partial charge in [-0.15, -0.1) is 0 Å². The van der Waals surface area contributed by atoms with E-state index in [9.17, 15) is 19.6 Å². The minimum Gasteiger partial charge on any atom is -0.494 e. The molecule has 3 aromatic rings. The number of halogens is 1. The van der Waals surface area contributed by atoms with Gasteiger partial charge in [-0.2, -0.15) is 5.26 Å². The number of pyridine rings is 1. The molecular formula is C22H18FN3O2. The molecule has 5 nitrogen and oxygen atoms in total. The lowest BCUT2D eigenvalue weighted by atomic mass is 10.1. The number of hydrogen-bond acceptors (Lipinski definition) is 4. The molecule has 0 atom stereocenters. The zero-order valence-electron chi connectivity index (χ0n) is 15.3. The zero-order valence-corrected chi connectivity index (χ0v) is 15.3. The Kier molecular flexibility index (Phi) is 5.66. The standard InChI is InChI=1S/C22H18FN3O2/c1-15-17(13-24)21(27)26(12-11-16-7-3-2-4-8-16)22(28)18(15)14-25-20-10-6-5-9-19(20)23/h2-10,14,28H,11-12H2,1H3. The molecule has 1 aromatic heterocycles. The van der Waals surface area contributed by atoms with Crippen molar-refractivity contribution in [3.05, 3.63) is 93.0 Å². The van der Waals surface area contributed by atoms with Crippen molar-refractivity contribution in [1.82, 2.24) is 4.57 Å². The van der Waals surface area contributed by atoms with Gasteiger partial charge in [-0.1, -0.05) is 42.5 Å². The van der Waals surface area contributed by atoms with E-state index in [0.29, 0.717) is 12.0 Å². The summed E-state index contributed by atoms with van der Waals surface area (Å²) >= 11 is 0. The number of nitrogens with zero attached hydrogens (tertiary/aromatic N) is 3. The summed E-state index contributed by atoms with van der Waals surface area (Å²) in [4.78, 5) is 16.7. The number of para-hydroxylation sites is 1. The highest BCUT2D eigenvalue weighted by Crippen LogP contribution is 2.22. The van der Waals surface area contributed by atoms with Crippen molar-refractivity contribution in [2.75, 3.05) is 0 Å². The molecule has 28 heavy (non-hydrogen) atoms. The van der Waals surface area contributed by atoms with Gasteiger partial charge < -0.3 is 5.11 Å². The van der Waals surface area contributed by atoms with Crippen LogP contribution in [0.2, 0.25) is 0 Å². The van der Waals surface area contributed by atoms with E-state index >= 15 is 0 Å². The molecule has 3 rings (SSSR count). The molecule has 0 saturated heterocycles. The van der Waals surface area contributed by atoms with Crippen LogP contribution in [-0.4, -0.2) is 15.9 Å². The number of hydrogen-bond donors (Lipinski definition) is 1. The summed E-state index contributed by atoms with van der Waals surface area (Å²) in [5.41, 5.74) is 0.988. The van der Waals surface area contributed by atoms with Gasteiger partial charge in [-0.3, -0.25) is 14.4 Å². The fourth-order valence-corrected chi connectivity index (χ4v) is 2.91. The topological polar surface area (TPSA) is 78.4 Å². The van der Waals surface area contributed by atoms with E-state index in [1.807, 2.05) is 36.4 Å². The summed E-state index contributed by atoms with van der Waals surface area (Å²) in [5.74, 6) is -0.800. The van der Waals surface area contributed by atoms with E-state index in [1.54, 1.807) is 19.1 Å². The SMILES string of the molecule is Cc1c(C=Nc2ccccc2F)c(O)n(CCc2ccccc2)c(=O)c1C#N. The van der Waals surface area contributed by atoms with Crippen LogP contribution in [0, 0.1) is 24.1 Å². The molecule has 140 valence electrons. The van der Waals surface area contributed by atoms with Crippen molar-refractivity contribution in [1.29, 1.82) is 5.26 Å². The summed E-state index contributed by atoms with van der Waals surface area (Å²) < 4.78 is 15.0. The quantitative estimate of drug-likeness (QED) is 0.688. The Morgan fingerprint density at radius 3 is 2.54 bits per heavy atom. The summed E-state index contributed by atoms with van der Waals surface area (Å²) in [6, 6.07) is 17.4. The average molecular weight is 375 g/mol. The Hall–Kier alpha value is -3.72. The van der Waals surface area contributed by atoms with Crippen LogP contribution < -0.4 is 5.56 Å². The minimum absolute atomic E-state index is 0.0687. The lowest BCUT2D eigenvalue weighted by molar-refractivity contribution is 0.404. The van der Waals surface area contributed by atoms with Crippen LogP contribution in [0.4, 0.5) is 10.1 Å². The van der Waals surface area contributed by atoms with Crippen LogP contribution >= 0.6 is 0 Å². The predicted molar refractivity (Wildman–Crippen MR) is 106 cm³/mol. The summed E-state index contributed by atoms with van der Waals surface area (Å²) in [6.07, 6.45) is 1.79. The molecule has 1 heterocycles. The molecule has 0 bridgehead atoms. The highest BCUT2D eigenvalue weighted by atomic mass is 19.1. The van der Waals surface area contributed by atoms with Crippen molar-refractivity contribution in [3.8, 4) is 11.9 Å². The molecule has 0 unspecified atom stereocenters. The van der Waals surface area contributed by atoms with Crippen molar-refractivity contribution in [2.24, 2.45) is 4.99 Å². The molecular weight excluding hydrogens is 357 g/mol. The molecule has 0 fully saturated rings. The number of rotatable bonds is 5. The van der Waals surface area contributed by atoms with Gasteiger partial charge in [0.2, 0.25) is 5.88 Å². The van der Waals surface area contributed by atoms with E-state index in [-0.39, 0.29) is 29.2 Å². The van der Waals surface area contributed by atoms with E-state index in [1.165, 1.54) is 18.3 Å². The lowest BCUT2D eigenvalue weighted by Crippen LogP contribution is -2.26. The second kappa shape index (κ2) is 8.31. The summed E-state index contributed by atoms with van der Waals surface area (Å²) in [5, 5.41) is 20.1. The first-order valence-electron chi connectivity index (χ1n) is 8.72. The maximum absolute atomic E-state index is 13.8. The fourth-order valence-electron chi connectivity index (χ4n) is 2.91. The fraction of sp³-hybridized carbons (Fsp3) is 0.136. The maximum atomic E-state index is 13.8. The Labute approximate surface area is 161 Å². The lowest BCUT2D eigenvalue weighted by Gasteiger charge is -2.14. The van der Waals surface area contributed by atoms with Crippen LogP contribution in [0.3, 0.4) is 0 Å². The van der Waals surface area contributed by atoms with Gasteiger partial charge in [-0.05, 0) is 36.6 Å². The zero-order chi connectivity index (χ0) is 20.1. The van der Waals surface area contributed by atoms with Crippen LogP contribution in [0.5, 0.6) is 5.88 Å². The molecule has 0 amide bonds. The number of benzene rings is 2. The van der Waals surface area contributed by atoms with Crippen molar-refractivity contribution in [3.63, 3.8) is 0 Å². The molecule has 0 radical (unpaired) electrons. The molecule has 2 aromatic carbocycles. The Bertz CT molecular complexity index is 1130. The Balaban J connectivity index is 2.04. The normalized spacial score (nSPS) is 10.9. The molecule has 0 aliphatic carbocycles. The van der Waals surface area contributed by atoms with E-state index < -0.39 is 11.4 Å². The third-order valence-corrected chi connectivity index (χ3v) is 4.50. The van der Waals surface area contributed by atoms with Gasteiger partial charge >= 0.3 is 0 Å². The van der Waals surface area contributed by atoms with E-state index in [2.05, 4.69) is 4.99 Å². The number of aryl methyl sites for hydroxylation is 1. The van der Waals surface area contributed by atoms with Gasteiger partial charge in [-0.25, -0.2) is 4.39 Å². The van der Waals surface area contributed by atoms with Crippen molar-refractivity contribution >= 4 is 11.9 Å². The van der Waals surface area contributed by atoms with Crippen LogP contribution in [0.15, 0.2) is 64.4 Å². The van der Waals surface area contributed by atoms with Crippen molar-refractivity contribution in [2.45, 2.75) is 19.9 Å². The first-order chi connectivity index (χ1) is 13.5. The molecule has 0 spiro atoms. The van der Waals surface area contributed by atoms with Gasteiger partial charge in [0.25, 0.3) is 5.56 Å². The summed E-state index contributed by atoms with van der Waals surface area (Å²) in [7, 11) is 0. The second-order valence-electron chi connectivity index (χ2n) is 6.25. The number of aromatic nitrogens is 1.